The SMILES string of the molecule is Cn1c(-n2nccn2)nc2c(Cl)nccc21. The molecule has 0 spiro atoms. The maximum absolute atomic E-state index is 5.97. The lowest BCUT2D eigenvalue weighted by Crippen LogP contribution is -2.05. The Balaban J connectivity index is 2.36. The molecule has 0 aliphatic carbocycles. The molecule has 0 bridgehead atoms. The third-order valence-corrected chi connectivity index (χ3v) is 2.61. The summed E-state index contributed by atoms with van der Waals surface area (Å²) in [6, 6.07) is 1.85. The molecule has 3 rings (SSSR count). The third-order valence-electron chi connectivity index (χ3n) is 2.33. The standard InChI is InChI=1S/C9H7ClN6/c1-15-6-2-3-11-8(10)7(6)14-9(15)16-12-4-5-13-16/h2-5H,1H3. The molecule has 16 heavy (non-hydrogen) atoms. The predicted molar refractivity (Wildman–Crippen MR) is 58.4 cm³/mol. The first-order chi connectivity index (χ1) is 7.77. The average molecular weight is 235 g/mol. The number of rotatable bonds is 1. The molecule has 0 atom stereocenters. The molecule has 3 heterocycles. The number of hydrogen-bond donors (Lipinski definition) is 0. The van der Waals surface area contributed by atoms with E-state index in [0.29, 0.717) is 16.6 Å². The van der Waals surface area contributed by atoms with Crippen LogP contribution in [-0.4, -0.2) is 29.5 Å². The van der Waals surface area contributed by atoms with Gasteiger partial charge in [-0.1, -0.05) is 11.6 Å². The second-order valence-electron chi connectivity index (χ2n) is 3.26. The van der Waals surface area contributed by atoms with E-state index in [0.717, 1.165) is 5.52 Å². The summed E-state index contributed by atoms with van der Waals surface area (Å²) in [5.41, 5.74) is 1.55. The summed E-state index contributed by atoms with van der Waals surface area (Å²) in [4.78, 5) is 9.78. The molecule has 80 valence electrons. The molecule has 3 aromatic heterocycles. The number of aryl methyl sites for hydroxylation is 1. The summed E-state index contributed by atoms with van der Waals surface area (Å²) in [5, 5.41) is 8.44. The van der Waals surface area contributed by atoms with Crippen molar-refractivity contribution in [3.8, 4) is 5.95 Å². The van der Waals surface area contributed by atoms with Crippen LogP contribution < -0.4 is 0 Å². The predicted octanol–water partition coefficient (Wildman–Crippen LogP) is 1.20. The van der Waals surface area contributed by atoms with Gasteiger partial charge < -0.3 is 4.57 Å². The molecule has 0 fully saturated rings. The van der Waals surface area contributed by atoms with E-state index in [1.165, 1.54) is 4.80 Å². The van der Waals surface area contributed by atoms with Crippen molar-refractivity contribution in [3.63, 3.8) is 0 Å². The smallest absolute Gasteiger partial charge is 0.250 e. The van der Waals surface area contributed by atoms with Gasteiger partial charge in [0.1, 0.15) is 5.52 Å². The fourth-order valence-corrected chi connectivity index (χ4v) is 1.77. The minimum absolute atomic E-state index is 0.381. The van der Waals surface area contributed by atoms with Crippen LogP contribution >= 0.6 is 11.6 Å². The van der Waals surface area contributed by atoms with Gasteiger partial charge in [0.2, 0.25) is 5.95 Å². The van der Waals surface area contributed by atoms with Gasteiger partial charge in [0.05, 0.1) is 17.9 Å². The van der Waals surface area contributed by atoms with E-state index in [1.807, 2.05) is 17.7 Å². The zero-order chi connectivity index (χ0) is 11.1. The van der Waals surface area contributed by atoms with E-state index < -0.39 is 0 Å². The van der Waals surface area contributed by atoms with Gasteiger partial charge in [-0.3, -0.25) is 0 Å². The average Bonchev–Trinajstić information content (AvgIpc) is 2.88. The van der Waals surface area contributed by atoms with E-state index in [4.69, 9.17) is 11.6 Å². The van der Waals surface area contributed by atoms with Gasteiger partial charge >= 0.3 is 0 Å². The van der Waals surface area contributed by atoms with Gasteiger partial charge in [-0.15, -0.1) is 4.80 Å². The van der Waals surface area contributed by atoms with Crippen molar-refractivity contribution in [1.29, 1.82) is 0 Å². The molecule has 6 nitrogen and oxygen atoms in total. The minimum atomic E-state index is 0.381. The Bertz CT molecular complexity index is 641. The van der Waals surface area contributed by atoms with Gasteiger partial charge in [-0.25, -0.2) is 9.97 Å². The van der Waals surface area contributed by atoms with E-state index in [1.54, 1.807) is 18.6 Å². The molecule has 0 saturated carbocycles. The number of aromatic nitrogens is 6. The van der Waals surface area contributed by atoms with Crippen molar-refractivity contribution in [1.82, 2.24) is 29.5 Å². The monoisotopic (exact) mass is 234 g/mol. The van der Waals surface area contributed by atoms with Gasteiger partial charge in [0.15, 0.2) is 5.15 Å². The van der Waals surface area contributed by atoms with Gasteiger partial charge in [-0.05, 0) is 6.07 Å². The number of pyridine rings is 1. The fourth-order valence-electron chi connectivity index (χ4n) is 1.57. The molecule has 0 aliphatic heterocycles. The Labute approximate surface area is 95.5 Å². The van der Waals surface area contributed by atoms with Crippen molar-refractivity contribution in [2.75, 3.05) is 0 Å². The fraction of sp³-hybridized carbons (Fsp3) is 0.111. The van der Waals surface area contributed by atoms with Gasteiger partial charge in [0.25, 0.3) is 0 Å². The largest absolute Gasteiger partial charge is 0.310 e. The summed E-state index contributed by atoms with van der Waals surface area (Å²) in [6.45, 7) is 0. The topological polar surface area (TPSA) is 61.4 Å². The maximum Gasteiger partial charge on any atom is 0.250 e. The van der Waals surface area contributed by atoms with Gasteiger partial charge in [-0.2, -0.15) is 10.2 Å². The van der Waals surface area contributed by atoms with E-state index >= 15 is 0 Å². The first kappa shape index (κ1) is 9.29. The maximum atomic E-state index is 5.97. The summed E-state index contributed by atoms with van der Waals surface area (Å²) < 4.78 is 1.86. The van der Waals surface area contributed by atoms with E-state index in [2.05, 4.69) is 20.2 Å². The molecule has 3 aromatic rings. The Morgan fingerprint density at radius 1 is 1.19 bits per heavy atom. The van der Waals surface area contributed by atoms with Crippen molar-refractivity contribution >= 4 is 22.6 Å². The molecule has 0 saturated heterocycles. The Hall–Kier alpha value is -1.95. The van der Waals surface area contributed by atoms with Crippen molar-refractivity contribution in [3.05, 3.63) is 29.8 Å². The highest BCUT2D eigenvalue weighted by Crippen LogP contribution is 2.21. The van der Waals surface area contributed by atoms with Crippen LogP contribution in [0, 0.1) is 0 Å². The summed E-state index contributed by atoms with van der Waals surface area (Å²) in [7, 11) is 1.88. The number of hydrogen-bond acceptors (Lipinski definition) is 4. The second-order valence-corrected chi connectivity index (χ2v) is 3.62. The zero-order valence-corrected chi connectivity index (χ0v) is 9.13. The van der Waals surface area contributed by atoms with Crippen LogP contribution in [0.2, 0.25) is 5.15 Å². The molecular weight excluding hydrogens is 228 g/mol. The van der Waals surface area contributed by atoms with Crippen LogP contribution in [-0.2, 0) is 7.05 Å². The Kier molecular flexibility index (Phi) is 1.90. The first-order valence-electron chi connectivity index (χ1n) is 4.61. The van der Waals surface area contributed by atoms with Gasteiger partial charge in [0, 0.05) is 13.2 Å². The molecule has 0 aromatic carbocycles. The highest BCUT2D eigenvalue weighted by atomic mass is 35.5. The highest BCUT2D eigenvalue weighted by molar-refractivity contribution is 6.33. The van der Waals surface area contributed by atoms with Crippen molar-refractivity contribution in [2.45, 2.75) is 0 Å². The molecular formula is C9H7ClN6. The summed E-state index contributed by atoms with van der Waals surface area (Å²) in [5.74, 6) is 0.606. The lowest BCUT2D eigenvalue weighted by molar-refractivity contribution is 0.676. The molecule has 7 heteroatoms. The number of halogens is 1. The third kappa shape index (κ3) is 1.20. The van der Waals surface area contributed by atoms with Crippen LogP contribution in [0.4, 0.5) is 0 Å². The number of fused-ring (bicyclic) bond motifs is 1. The lowest BCUT2D eigenvalue weighted by atomic mass is 10.4. The van der Waals surface area contributed by atoms with Crippen LogP contribution in [0.5, 0.6) is 0 Å². The second kappa shape index (κ2) is 3.28. The molecule has 0 aliphatic rings. The normalized spacial score (nSPS) is 11.1. The lowest BCUT2D eigenvalue weighted by Gasteiger charge is -1.98. The van der Waals surface area contributed by atoms with Crippen molar-refractivity contribution in [2.24, 2.45) is 7.05 Å². The van der Waals surface area contributed by atoms with Crippen LogP contribution in [0.15, 0.2) is 24.7 Å². The van der Waals surface area contributed by atoms with E-state index in [-0.39, 0.29) is 0 Å². The Morgan fingerprint density at radius 3 is 2.62 bits per heavy atom. The quantitative estimate of drug-likeness (QED) is 0.594. The number of imidazole rings is 1. The minimum Gasteiger partial charge on any atom is -0.310 e. The van der Waals surface area contributed by atoms with E-state index in [9.17, 15) is 0 Å². The van der Waals surface area contributed by atoms with Crippen LogP contribution in [0.25, 0.3) is 17.0 Å². The Morgan fingerprint density at radius 2 is 1.94 bits per heavy atom. The molecule has 0 N–H and O–H groups in total. The zero-order valence-electron chi connectivity index (χ0n) is 8.37. The van der Waals surface area contributed by atoms with Crippen LogP contribution in [0.1, 0.15) is 0 Å². The summed E-state index contributed by atoms with van der Waals surface area (Å²) in [6.07, 6.45) is 4.84. The molecule has 0 amide bonds. The number of nitrogens with zero attached hydrogens (tertiary/aromatic N) is 6. The molecule has 0 radical (unpaired) electrons. The van der Waals surface area contributed by atoms with Crippen molar-refractivity contribution < 1.29 is 0 Å². The molecule has 0 unspecified atom stereocenters. The first-order valence-corrected chi connectivity index (χ1v) is 4.99. The van der Waals surface area contributed by atoms with Crippen LogP contribution in [0.3, 0.4) is 0 Å². The summed E-state index contributed by atoms with van der Waals surface area (Å²) >= 11 is 5.97. The highest BCUT2D eigenvalue weighted by Gasteiger charge is 2.12.